The van der Waals surface area contributed by atoms with Crippen LogP contribution in [-0.2, 0) is 16.0 Å². The van der Waals surface area contributed by atoms with Crippen molar-refractivity contribution in [2.75, 3.05) is 22.9 Å². The van der Waals surface area contributed by atoms with Crippen LogP contribution < -0.4 is 9.80 Å². The van der Waals surface area contributed by atoms with E-state index in [9.17, 15) is 9.59 Å². The average Bonchev–Trinajstić information content (AvgIpc) is 2.97. The first-order chi connectivity index (χ1) is 11.1. The lowest BCUT2D eigenvalue weighted by molar-refractivity contribution is -0.121. The van der Waals surface area contributed by atoms with Crippen LogP contribution in [0, 0.1) is 6.92 Å². The number of para-hydroxylation sites is 2. The van der Waals surface area contributed by atoms with E-state index >= 15 is 0 Å². The predicted molar refractivity (Wildman–Crippen MR) is 91.7 cm³/mol. The fraction of sp³-hybridized carbons (Fsp3) is 0.263. The lowest BCUT2D eigenvalue weighted by atomic mass is 10.1. The van der Waals surface area contributed by atoms with Gasteiger partial charge in [0, 0.05) is 24.8 Å². The van der Waals surface area contributed by atoms with Crippen LogP contribution in [0.3, 0.4) is 0 Å². The standard InChI is InChI=1S/C19H20N2O2/c1-14-7-3-5-9-17(14)21(15(2)22)13-19(23)20-12-11-16-8-4-6-10-18(16)20/h3-10H,11-13H2,1-2H3. The van der Waals surface area contributed by atoms with E-state index in [2.05, 4.69) is 0 Å². The van der Waals surface area contributed by atoms with Crippen LogP contribution in [-0.4, -0.2) is 24.9 Å². The van der Waals surface area contributed by atoms with Gasteiger partial charge in [0.1, 0.15) is 6.54 Å². The Bertz CT molecular complexity index is 755. The van der Waals surface area contributed by atoms with Gasteiger partial charge in [0.05, 0.1) is 0 Å². The summed E-state index contributed by atoms with van der Waals surface area (Å²) < 4.78 is 0. The predicted octanol–water partition coefficient (Wildman–Crippen LogP) is 2.94. The molecule has 0 aromatic heterocycles. The summed E-state index contributed by atoms with van der Waals surface area (Å²) in [5.74, 6) is -0.173. The van der Waals surface area contributed by atoms with Crippen molar-refractivity contribution >= 4 is 23.2 Å². The SMILES string of the molecule is CC(=O)N(CC(=O)N1CCc2ccccc21)c1ccccc1C. The molecule has 0 saturated carbocycles. The molecule has 0 unspecified atom stereocenters. The second kappa shape index (κ2) is 6.24. The number of hydrogen-bond donors (Lipinski definition) is 0. The highest BCUT2D eigenvalue weighted by molar-refractivity contribution is 6.04. The lowest BCUT2D eigenvalue weighted by Crippen LogP contribution is -2.42. The quantitative estimate of drug-likeness (QED) is 0.874. The molecule has 0 atom stereocenters. The Labute approximate surface area is 136 Å². The molecule has 3 rings (SSSR count). The van der Waals surface area contributed by atoms with Gasteiger partial charge in [0.25, 0.3) is 0 Å². The first-order valence-electron chi connectivity index (χ1n) is 7.80. The number of rotatable bonds is 3. The lowest BCUT2D eigenvalue weighted by Gasteiger charge is -2.25. The van der Waals surface area contributed by atoms with Crippen molar-refractivity contribution in [1.82, 2.24) is 0 Å². The maximum absolute atomic E-state index is 12.7. The minimum absolute atomic E-state index is 0.0478. The zero-order chi connectivity index (χ0) is 16.4. The van der Waals surface area contributed by atoms with Crippen LogP contribution in [0.25, 0.3) is 0 Å². The fourth-order valence-corrected chi connectivity index (χ4v) is 3.05. The molecule has 0 fully saturated rings. The van der Waals surface area contributed by atoms with E-state index in [1.54, 1.807) is 9.80 Å². The van der Waals surface area contributed by atoms with Gasteiger partial charge in [-0.05, 0) is 36.6 Å². The summed E-state index contributed by atoms with van der Waals surface area (Å²) in [5, 5.41) is 0. The van der Waals surface area contributed by atoms with Crippen LogP contribution in [0.15, 0.2) is 48.5 Å². The van der Waals surface area contributed by atoms with E-state index in [1.807, 2.05) is 55.5 Å². The molecule has 2 aromatic carbocycles. The third-order valence-corrected chi connectivity index (χ3v) is 4.27. The van der Waals surface area contributed by atoms with Crippen molar-refractivity contribution in [2.45, 2.75) is 20.3 Å². The Balaban J connectivity index is 1.83. The Morgan fingerprint density at radius 3 is 2.52 bits per heavy atom. The highest BCUT2D eigenvalue weighted by Gasteiger charge is 2.27. The molecule has 0 N–H and O–H groups in total. The van der Waals surface area contributed by atoms with Gasteiger partial charge < -0.3 is 9.80 Å². The minimum atomic E-state index is -0.125. The summed E-state index contributed by atoms with van der Waals surface area (Å²) in [4.78, 5) is 28.1. The molecule has 1 aliphatic heterocycles. The summed E-state index contributed by atoms with van der Waals surface area (Å²) in [6, 6.07) is 15.6. The monoisotopic (exact) mass is 308 g/mol. The van der Waals surface area contributed by atoms with Gasteiger partial charge in [-0.2, -0.15) is 0 Å². The van der Waals surface area contributed by atoms with Gasteiger partial charge in [-0.3, -0.25) is 9.59 Å². The third kappa shape index (κ3) is 2.97. The topological polar surface area (TPSA) is 40.6 Å². The smallest absolute Gasteiger partial charge is 0.247 e. The molecule has 0 radical (unpaired) electrons. The molecule has 2 aromatic rings. The van der Waals surface area contributed by atoms with Gasteiger partial charge in [-0.25, -0.2) is 0 Å². The third-order valence-electron chi connectivity index (χ3n) is 4.27. The van der Waals surface area contributed by atoms with Crippen LogP contribution in [0.5, 0.6) is 0 Å². The maximum Gasteiger partial charge on any atom is 0.247 e. The van der Waals surface area contributed by atoms with Gasteiger partial charge in [-0.15, -0.1) is 0 Å². The molecule has 2 amide bonds. The highest BCUT2D eigenvalue weighted by atomic mass is 16.2. The van der Waals surface area contributed by atoms with Crippen molar-refractivity contribution in [3.05, 3.63) is 59.7 Å². The fourth-order valence-electron chi connectivity index (χ4n) is 3.05. The molecule has 0 saturated heterocycles. The van der Waals surface area contributed by atoms with Crippen molar-refractivity contribution in [1.29, 1.82) is 0 Å². The molecular weight excluding hydrogens is 288 g/mol. The van der Waals surface area contributed by atoms with Crippen LogP contribution in [0.1, 0.15) is 18.1 Å². The molecule has 1 heterocycles. The Kier molecular flexibility index (Phi) is 4.15. The summed E-state index contributed by atoms with van der Waals surface area (Å²) in [7, 11) is 0. The first-order valence-corrected chi connectivity index (χ1v) is 7.80. The molecular formula is C19H20N2O2. The number of carbonyl (C=O) groups is 2. The summed E-state index contributed by atoms with van der Waals surface area (Å²) >= 11 is 0. The van der Waals surface area contributed by atoms with Gasteiger partial charge in [-0.1, -0.05) is 36.4 Å². The van der Waals surface area contributed by atoms with Crippen molar-refractivity contribution in [3.63, 3.8) is 0 Å². The Morgan fingerprint density at radius 1 is 1.09 bits per heavy atom. The summed E-state index contributed by atoms with van der Waals surface area (Å²) in [5.41, 5.74) is 3.93. The van der Waals surface area contributed by atoms with E-state index in [0.29, 0.717) is 6.54 Å². The second-order valence-corrected chi connectivity index (χ2v) is 5.82. The molecule has 4 nitrogen and oxygen atoms in total. The highest BCUT2D eigenvalue weighted by Crippen LogP contribution is 2.28. The molecule has 0 spiro atoms. The summed E-state index contributed by atoms with van der Waals surface area (Å²) in [6.07, 6.45) is 0.867. The van der Waals surface area contributed by atoms with Crippen LogP contribution in [0.4, 0.5) is 11.4 Å². The van der Waals surface area contributed by atoms with E-state index in [-0.39, 0.29) is 18.4 Å². The molecule has 118 valence electrons. The maximum atomic E-state index is 12.7. The number of hydrogen-bond acceptors (Lipinski definition) is 2. The largest absolute Gasteiger partial charge is 0.310 e. The minimum Gasteiger partial charge on any atom is -0.310 e. The van der Waals surface area contributed by atoms with Crippen molar-refractivity contribution < 1.29 is 9.59 Å². The van der Waals surface area contributed by atoms with Crippen molar-refractivity contribution in [2.24, 2.45) is 0 Å². The van der Waals surface area contributed by atoms with E-state index in [0.717, 1.165) is 23.4 Å². The van der Waals surface area contributed by atoms with Crippen LogP contribution >= 0.6 is 0 Å². The number of fused-ring (bicyclic) bond motifs is 1. The van der Waals surface area contributed by atoms with Gasteiger partial charge in [0.15, 0.2) is 0 Å². The average molecular weight is 308 g/mol. The van der Waals surface area contributed by atoms with Crippen molar-refractivity contribution in [3.8, 4) is 0 Å². The van der Waals surface area contributed by atoms with Gasteiger partial charge >= 0.3 is 0 Å². The number of anilines is 2. The first kappa shape index (κ1) is 15.3. The molecule has 0 aliphatic carbocycles. The number of carbonyl (C=O) groups excluding carboxylic acids is 2. The Hall–Kier alpha value is -2.62. The molecule has 1 aliphatic rings. The number of aryl methyl sites for hydroxylation is 1. The zero-order valence-corrected chi connectivity index (χ0v) is 13.5. The van der Waals surface area contributed by atoms with E-state index in [1.165, 1.54) is 12.5 Å². The van der Waals surface area contributed by atoms with E-state index < -0.39 is 0 Å². The molecule has 4 heteroatoms. The Morgan fingerprint density at radius 2 is 1.78 bits per heavy atom. The summed E-state index contributed by atoms with van der Waals surface area (Å²) in [6.45, 7) is 4.19. The van der Waals surface area contributed by atoms with E-state index in [4.69, 9.17) is 0 Å². The molecule has 0 bridgehead atoms. The second-order valence-electron chi connectivity index (χ2n) is 5.82. The normalized spacial score (nSPS) is 12.9. The number of benzene rings is 2. The van der Waals surface area contributed by atoms with Gasteiger partial charge in [0.2, 0.25) is 11.8 Å². The molecule has 23 heavy (non-hydrogen) atoms. The zero-order valence-electron chi connectivity index (χ0n) is 13.5. The number of nitrogens with zero attached hydrogens (tertiary/aromatic N) is 2. The number of amides is 2. The van der Waals surface area contributed by atoms with Crippen LogP contribution in [0.2, 0.25) is 0 Å².